The van der Waals surface area contributed by atoms with E-state index in [1.54, 1.807) is 0 Å². The number of aliphatic hydroxyl groups is 1. The molecule has 0 aromatic carbocycles. The van der Waals surface area contributed by atoms with Crippen LogP contribution in [-0.4, -0.2) is 55.5 Å². The van der Waals surface area contributed by atoms with E-state index in [0.717, 1.165) is 58.5 Å². The average molecular weight is 216 g/mol. The Morgan fingerprint density at radius 1 is 1.27 bits per heavy atom. The molecule has 15 heavy (non-hydrogen) atoms. The van der Waals surface area contributed by atoms with Crippen LogP contribution in [0.3, 0.4) is 0 Å². The summed E-state index contributed by atoms with van der Waals surface area (Å²) in [5.41, 5.74) is 5.41. The fourth-order valence-electron chi connectivity index (χ4n) is 1.93. The molecular formula is C11H24N2O2. The molecule has 0 atom stereocenters. The summed E-state index contributed by atoms with van der Waals surface area (Å²) in [6, 6.07) is 0. The lowest BCUT2D eigenvalue weighted by atomic mass is 10.1. The van der Waals surface area contributed by atoms with E-state index in [-0.39, 0.29) is 0 Å². The second-order valence-corrected chi connectivity index (χ2v) is 4.13. The van der Waals surface area contributed by atoms with Crippen molar-refractivity contribution in [2.75, 3.05) is 39.4 Å². The van der Waals surface area contributed by atoms with Crippen LogP contribution >= 0.6 is 0 Å². The number of ether oxygens (including phenoxy) is 1. The Bertz CT molecular complexity index is 148. The summed E-state index contributed by atoms with van der Waals surface area (Å²) in [5, 5.41) is 8.73. The first-order chi connectivity index (χ1) is 7.36. The quantitative estimate of drug-likeness (QED) is 0.597. The van der Waals surface area contributed by atoms with E-state index < -0.39 is 0 Å². The van der Waals surface area contributed by atoms with Gasteiger partial charge in [0.05, 0.1) is 6.10 Å². The Kier molecular flexibility index (Phi) is 6.92. The number of hydrogen-bond donors (Lipinski definition) is 2. The van der Waals surface area contributed by atoms with Crippen LogP contribution < -0.4 is 5.73 Å². The molecule has 0 aromatic rings. The van der Waals surface area contributed by atoms with Crippen molar-refractivity contribution >= 4 is 0 Å². The van der Waals surface area contributed by atoms with Gasteiger partial charge in [-0.15, -0.1) is 0 Å². The van der Waals surface area contributed by atoms with Crippen LogP contribution in [0.2, 0.25) is 0 Å². The van der Waals surface area contributed by atoms with Gasteiger partial charge in [-0.1, -0.05) is 0 Å². The Labute approximate surface area is 92.4 Å². The van der Waals surface area contributed by atoms with Gasteiger partial charge >= 0.3 is 0 Å². The zero-order chi connectivity index (χ0) is 10.9. The molecule has 0 saturated carbocycles. The van der Waals surface area contributed by atoms with Gasteiger partial charge in [-0.2, -0.15) is 0 Å². The summed E-state index contributed by atoms with van der Waals surface area (Å²) in [6.07, 6.45) is 4.53. The zero-order valence-electron chi connectivity index (χ0n) is 9.53. The minimum atomic E-state index is 0.299. The molecule has 3 N–H and O–H groups in total. The van der Waals surface area contributed by atoms with E-state index in [1.165, 1.54) is 0 Å². The molecule has 1 saturated heterocycles. The third-order valence-corrected chi connectivity index (χ3v) is 2.87. The fraction of sp³-hybridized carbons (Fsp3) is 1.00. The number of piperidine rings is 1. The van der Waals surface area contributed by atoms with Crippen molar-refractivity contribution in [3.05, 3.63) is 0 Å². The van der Waals surface area contributed by atoms with E-state index in [0.29, 0.717) is 12.7 Å². The summed E-state index contributed by atoms with van der Waals surface area (Å²) < 4.78 is 5.72. The van der Waals surface area contributed by atoms with E-state index in [1.807, 2.05) is 0 Å². The van der Waals surface area contributed by atoms with Crippen molar-refractivity contribution in [3.63, 3.8) is 0 Å². The van der Waals surface area contributed by atoms with Crippen molar-refractivity contribution in [1.82, 2.24) is 4.90 Å². The van der Waals surface area contributed by atoms with E-state index in [4.69, 9.17) is 15.6 Å². The number of rotatable bonds is 7. The van der Waals surface area contributed by atoms with Crippen LogP contribution in [-0.2, 0) is 4.74 Å². The van der Waals surface area contributed by atoms with Gasteiger partial charge in [-0.25, -0.2) is 0 Å². The molecule has 1 rings (SSSR count). The topological polar surface area (TPSA) is 58.7 Å². The van der Waals surface area contributed by atoms with Crippen LogP contribution in [0.1, 0.15) is 25.7 Å². The van der Waals surface area contributed by atoms with Gasteiger partial charge in [0.15, 0.2) is 0 Å². The molecule has 1 heterocycles. The third-order valence-electron chi connectivity index (χ3n) is 2.87. The van der Waals surface area contributed by atoms with Gasteiger partial charge in [0.2, 0.25) is 0 Å². The maximum Gasteiger partial charge on any atom is 0.0599 e. The maximum absolute atomic E-state index is 8.73. The number of likely N-dealkylation sites (tertiary alicyclic amines) is 1. The van der Waals surface area contributed by atoms with E-state index in [9.17, 15) is 0 Å². The van der Waals surface area contributed by atoms with Gasteiger partial charge in [-0.05, 0) is 32.2 Å². The summed E-state index contributed by atoms with van der Waals surface area (Å²) in [4.78, 5) is 2.40. The molecule has 4 heteroatoms. The minimum Gasteiger partial charge on any atom is -0.396 e. The van der Waals surface area contributed by atoms with Crippen molar-refractivity contribution < 1.29 is 9.84 Å². The lowest BCUT2D eigenvalue weighted by Crippen LogP contribution is -2.38. The molecule has 0 bridgehead atoms. The SMILES string of the molecule is NCCCOC1CCN(CCCO)CC1. The Hall–Kier alpha value is -0.160. The molecule has 0 radical (unpaired) electrons. The highest BCUT2D eigenvalue weighted by Crippen LogP contribution is 2.13. The van der Waals surface area contributed by atoms with E-state index in [2.05, 4.69) is 4.90 Å². The highest BCUT2D eigenvalue weighted by atomic mass is 16.5. The first-order valence-corrected chi connectivity index (χ1v) is 6.01. The number of aliphatic hydroxyl groups excluding tert-OH is 1. The molecule has 1 fully saturated rings. The van der Waals surface area contributed by atoms with Crippen molar-refractivity contribution in [1.29, 1.82) is 0 Å². The Balaban J connectivity index is 2.02. The lowest BCUT2D eigenvalue weighted by Gasteiger charge is -2.31. The summed E-state index contributed by atoms with van der Waals surface area (Å²) in [5.74, 6) is 0. The van der Waals surface area contributed by atoms with Gasteiger partial charge in [0.1, 0.15) is 0 Å². The molecule has 0 unspecified atom stereocenters. The number of nitrogens with two attached hydrogens (primary N) is 1. The monoisotopic (exact) mass is 216 g/mol. The standard InChI is InChI=1S/C11H24N2O2/c12-5-1-10-15-11-3-7-13(8-4-11)6-2-9-14/h11,14H,1-10,12H2. The van der Waals surface area contributed by atoms with Gasteiger partial charge in [0.25, 0.3) is 0 Å². The average Bonchev–Trinajstić information content (AvgIpc) is 2.28. The molecule has 0 aromatic heterocycles. The first-order valence-electron chi connectivity index (χ1n) is 6.01. The largest absolute Gasteiger partial charge is 0.396 e. The molecule has 0 spiro atoms. The van der Waals surface area contributed by atoms with Crippen LogP contribution in [0.5, 0.6) is 0 Å². The van der Waals surface area contributed by atoms with Gasteiger partial charge in [-0.3, -0.25) is 0 Å². The first kappa shape index (κ1) is 12.9. The van der Waals surface area contributed by atoms with Crippen molar-refractivity contribution in [2.45, 2.75) is 31.8 Å². The third kappa shape index (κ3) is 5.47. The van der Waals surface area contributed by atoms with Crippen LogP contribution in [0.4, 0.5) is 0 Å². The van der Waals surface area contributed by atoms with Crippen LogP contribution in [0.25, 0.3) is 0 Å². The van der Waals surface area contributed by atoms with Gasteiger partial charge in [0, 0.05) is 32.8 Å². The van der Waals surface area contributed by atoms with E-state index >= 15 is 0 Å². The predicted molar refractivity (Wildman–Crippen MR) is 60.8 cm³/mol. The molecule has 0 aliphatic carbocycles. The second kappa shape index (κ2) is 8.05. The van der Waals surface area contributed by atoms with Crippen LogP contribution in [0, 0.1) is 0 Å². The maximum atomic E-state index is 8.73. The molecule has 90 valence electrons. The highest BCUT2D eigenvalue weighted by Gasteiger charge is 2.18. The Morgan fingerprint density at radius 2 is 2.00 bits per heavy atom. The molecule has 1 aliphatic rings. The second-order valence-electron chi connectivity index (χ2n) is 4.13. The zero-order valence-corrected chi connectivity index (χ0v) is 9.53. The van der Waals surface area contributed by atoms with Crippen LogP contribution in [0.15, 0.2) is 0 Å². The minimum absolute atomic E-state index is 0.299. The fourth-order valence-corrected chi connectivity index (χ4v) is 1.93. The smallest absolute Gasteiger partial charge is 0.0599 e. The summed E-state index contributed by atoms with van der Waals surface area (Å²) in [7, 11) is 0. The van der Waals surface area contributed by atoms with Crippen molar-refractivity contribution in [3.8, 4) is 0 Å². The normalized spacial score (nSPS) is 19.6. The highest BCUT2D eigenvalue weighted by molar-refractivity contribution is 4.72. The number of nitrogens with zero attached hydrogens (tertiary/aromatic N) is 1. The molecule has 0 amide bonds. The van der Waals surface area contributed by atoms with Gasteiger partial charge < -0.3 is 20.5 Å². The molecule has 1 aliphatic heterocycles. The number of hydrogen-bond acceptors (Lipinski definition) is 4. The lowest BCUT2D eigenvalue weighted by molar-refractivity contribution is 0.00641. The van der Waals surface area contributed by atoms with Crippen molar-refractivity contribution in [2.24, 2.45) is 5.73 Å². The summed E-state index contributed by atoms with van der Waals surface area (Å²) >= 11 is 0. The molecular weight excluding hydrogens is 192 g/mol. The summed E-state index contributed by atoms with van der Waals surface area (Å²) in [6.45, 7) is 5.05. The Morgan fingerprint density at radius 3 is 2.60 bits per heavy atom. The predicted octanol–water partition coefficient (Wildman–Crippen LogP) is 0.199. The molecule has 4 nitrogen and oxygen atoms in total.